The lowest BCUT2D eigenvalue weighted by atomic mass is 10.2. The van der Waals surface area contributed by atoms with Crippen molar-refractivity contribution in [1.82, 2.24) is 9.88 Å². The SMILES string of the molecule is Cc1ccc(S(=O)(=O)CCC(=O)Nc2ccc(N3CCN(C(=O)OC(C)(C)C)CC3)cn2)cc1. The molecule has 1 aromatic carbocycles. The fourth-order valence-electron chi connectivity index (χ4n) is 3.42. The van der Waals surface area contributed by atoms with Crippen molar-refractivity contribution in [2.45, 2.75) is 44.6 Å². The van der Waals surface area contributed by atoms with Crippen molar-refractivity contribution in [3.8, 4) is 0 Å². The first-order valence-corrected chi connectivity index (χ1v) is 12.9. The molecule has 0 spiro atoms. The zero-order valence-electron chi connectivity index (χ0n) is 20.1. The Bertz CT molecular complexity index is 1100. The second-order valence-electron chi connectivity index (χ2n) is 9.29. The highest BCUT2D eigenvalue weighted by atomic mass is 32.2. The summed E-state index contributed by atoms with van der Waals surface area (Å²) in [6.07, 6.45) is 1.18. The fourth-order valence-corrected chi connectivity index (χ4v) is 4.66. The highest BCUT2D eigenvalue weighted by molar-refractivity contribution is 7.91. The van der Waals surface area contributed by atoms with Crippen LogP contribution in [0.4, 0.5) is 16.3 Å². The normalized spacial score (nSPS) is 14.6. The molecule has 0 aliphatic carbocycles. The van der Waals surface area contributed by atoms with Gasteiger partial charge in [-0.25, -0.2) is 18.2 Å². The summed E-state index contributed by atoms with van der Waals surface area (Å²) in [5.74, 6) is -0.335. The van der Waals surface area contributed by atoms with Crippen LogP contribution in [0.1, 0.15) is 32.8 Å². The minimum absolute atomic E-state index is 0.160. The van der Waals surface area contributed by atoms with E-state index in [1.165, 1.54) is 0 Å². The number of benzene rings is 1. The molecule has 2 amide bonds. The fraction of sp³-hybridized carbons (Fsp3) is 0.458. The first-order valence-electron chi connectivity index (χ1n) is 11.2. The summed E-state index contributed by atoms with van der Waals surface area (Å²) in [6.45, 7) is 9.78. The van der Waals surface area contributed by atoms with E-state index in [0.717, 1.165) is 11.3 Å². The van der Waals surface area contributed by atoms with Crippen LogP contribution >= 0.6 is 0 Å². The number of pyridine rings is 1. The number of aryl methyl sites for hydroxylation is 1. The van der Waals surface area contributed by atoms with Crippen molar-refractivity contribution in [3.63, 3.8) is 0 Å². The average molecular weight is 489 g/mol. The Kier molecular flexibility index (Phi) is 7.81. The molecule has 10 heteroatoms. The minimum atomic E-state index is -3.53. The summed E-state index contributed by atoms with van der Waals surface area (Å²) in [7, 11) is -3.53. The van der Waals surface area contributed by atoms with Gasteiger partial charge < -0.3 is 19.9 Å². The van der Waals surface area contributed by atoms with Crippen molar-refractivity contribution >= 4 is 33.3 Å². The number of hydrogen-bond donors (Lipinski definition) is 1. The number of ether oxygens (including phenoxy) is 1. The van der Waals surface area contributed by atoms with Crippen molar-refractivity contribution in [2.75, 3.05) is 42.1 Å². The Hall–Kier alpha value is -3.14. The number of nitrogens with zero attached hydrogens (tertiary/aromatic N) is 3. The van der Waals surface area contributed by atoms with Crippen molar-refractivity contribution in [3.05, 3.63) is 48.2 Å². The van der Waals surface area contributed by atoms with E-state index >= 15 is 0 Å². The molecule has 0 saturated carbocycles. The third-order valence-corrected chi connectivity index (χ3v) is 7.02. The number of aromatic nitrogens is 1. The molecule has 1 N–H and O–H groups in total. The minimum Gasteiger partial charge on any atom is -0.444 e. The Labute approximate surface area is 201 Å². The van der Waals surface area contributed by atoms with Gasteiger partial charge in [0, 0.05) is 32.6 Å². The van der Waals surface area contributed by atoms with E-state index < -0.39 is 21.3 Å². The van der Waals surface area contributed by atoms with Crippen molar-refractivity contribution in [1.29, 1.82) is 0 Å². The summed E-state index contributed by atoms with van der Waals surface area (Å²) < 4.78 is 30.3. The van der Waals surface area contributed by atoms with Crippen LogP contribution < -0.4 is 10.2 Å². The number of rotatable bonds is 6. The summed E-state index contributed by atoms with van der Waals surface area (Å²) >= 11 is 0. The van der Waals surface area contributed by atoms with E-state index in [1.54, 1.807) is 41.4 Å². The maximum Gasteiger partial charge on any atom is 0.410 e. The van der Waals surface area contributed by atoms with Crippen molar-refractivity contribution < 1.29 is 22.7 Å². The quantitative estimate of drug-likeness (QED) is 0.665. The van der Waals surface area contributed by atoms with E-state index in [4.69, 9.17) is 4.74 Å². The molecule has 1 aliphatic rings. The predicted octanol–water partition coefficient (Wildman–Crippen LogP) is 3.25. The molecule has 34 heavy (non-hydrogen) atoms. The lowest BCUT2D eigenvalue weighted by Crippen LogP contribution is -2.50. The van der Waals surface area contributed by atoms with Crippen LogP contribution in [-0.4, -0.2) is 67.8 Å². The van der Waals surface area contributed by atoms with Crippen LogP contribution in [0, 0.1) is 6.92 Å². The van der Waals surface area contributed by atoms with Crippen LogP contribution in [0.2, 0.25) is 0 Å². The first-order chi connectivity index (χ1) is 15.9. The summed E-state index contributed by atoms with van der Waals surface area (Å²) in [4.78, 5) is 32.7. The predicted molar refractivity (Wildman–Crippen MR) is 131 cm³/mol. The molecule has 0 bridgehead atoms. The van der Waals surface area contributed by atoms with Gasteiger partial charge in [0.15, 0.2) is 9.84 Å². The molecular weight excluding hydrogens is 456 g/mol. The largest absolute Gasteiger partial charge is 0.444 e. The molecule has 3 rings (SSSR count). The van der Waals surface area contributed by atoms with Crippen LogP contribution in [0.5, 0.6) is 0 Å². The highest BCUT2D eigenvalue weighted by Crippen LogP contribution is 2.19. The van der Waals surface area contributed by atoms with Gasteiger partial charge in [-0.05, 0) is 52.0 Å². The third kappa shape index (κ3) is 7.18. The maximum absolute atomic E-state index is 12.4. The average Bonchev–Trinajstić information content (AvgIpc) is 2.78. The molecule has 0 unspecified atom stereocenters. The van der Waals surface area contributed by atoms with Gasteiger partial charge in [0.2, 0.25) is 5.91 Å². The molecule has 1 saturated heterocycles. The number of sulfone groups is 1. The van der Waals surface area contributed by atoms with Gasteiger partial charge in [-0.2, -0.15) is 0 Å². The van der Waals surface area contributed by atoms with Crippen LogP contribution in [0.15, 0.2) is 47.5 Å². The number of piperazine rings is 1. The zero-order valence-corrected chi connectivity index (χ0v) is 20.9. The van der Waals surface area contributed by atoms with Gasteiger partial charge in [0.1, 0.15) is 11.4 Å². The third-order valence-electron chi connectivity index (χ3n) is 5.29. The van der Waals surface area contributed by atoms with Crippen LogP contribution in [0.25, 0.3) is 0 Å². The molecule has 1 fully saturated rings. The monoisotopic (exact) mass is 488 g/mol. The summed E-state index contributed by atoms with van der Waals surface area (Å²) in [5, 5.41) is 2.65. The Balaban J connectivity index is 1.48. The number of anilines is 2. The second kappa shape index (κ2) is 10.4. The standard InChI is InChI=1S/C24H32N4O5S/c1-18-5-8-20(9-6-18)34(31,32)16-11-22(29)26-21-10-7-19(17-25-21)27-12-14-28(15-13-27)23(30)33-24(2,3)4/h5-10,17H,11-16H2,1-4H3,(H,25,26,29). The molecule has 1 aliphatic heterocycles. The molecular formula is C24H32N4O5S. The van der Waals surface area contributed by atoms with Gasteiger partial charge in [-0.15, -0.1) is 0 Å². The van der Waals surface area contributed by atoms with Gasteiger partial charge in [-0.1, -0.05) is 17.7 Å². The summed E-state index contributed by atoms with van der Waals surface area (Å²) in [5.41, 5.74) is 1.32. The molecule has 0 radical (unpaired) electrons. The van der Waals surface area contributed by atoms with Gasteiger partial charge >= 0.3 is 6.09 Å². The van der Waals surface area contributed by atoms with E-state index in [2.05, 4.69) is 15.2 Å². The van der Waals surface area contributed by atoms with Crippen molar-refractivity contribution in [2.24, 2.45) is 0 Å². The number of amides is 2. The summed E-state index contributed by atoms with van der Waals surface area (Å²) in [6, 6.07) is 10.1. The number of hydrogen-bond acceptors (Lipinski definition) is 7. The van der Waals surface area contributed by atoms with E-state index in [1.807, 2.05) is 33.8 Å². The van der Waals surface area contributed by atoms with Gasteiger partial charge in [-0.3, -0.25) is 4.79 Å². The number of nitrogens with one attached hydrogen (secondary N) is 1. The zero-order chi connectivity index (χ0) is 24.9. The van der Waals surface area contributed by atoms with Crippen LogP contribution in [-0.2, 0) is 19.4 Å². The molecule has 2 aromatic rings. The molecule has 184 valence electrons. The van der Waals surface area contributed by atoms with Gasteiger partial charge in [0.25, 0.3) is 0 Å². The Morgan fingerprint density at radius 1 is 1.03 bits per heavy atom. The number of carbonyl (C=O) groups excluding carboxylic acids is 2. The smallest absolute Gasteiger partial charge is 0.410 e. The molecule has 0 atom stereocenters. The lowest BCUT2D eigenvalue weighted by Gasteiger charge is -2.36. The second-order valence-corrected chi connectivity index (χ2v) is 11.4. The Morgan fingerprint density at radius 2 is 1.68 bits per heavy atom. The van der Waals surface area contributed by atoms with E-state index in [9.17, 15) is 18.0 Å². The van der Waals surface area contributed by atoms with E-state index in [0.29, 0.717) is 32.0 Å². The highest BCUT2D eigenvalue weighted by Gasteiger charge is 2.26. The van der Waals surface area contributed by atoms with Crippen LogP contribution in [0.3, 0.4) is 0 Å². The molecule has 1 aromatic heterocycles. The Morgan fingerprint density at radius 3 is 2.24 bits per heavy atom. The number of carbonyl (C=O) groups is 2. The molecule has 9 nitrogen and oxygen atoms in total. The first kappa shape index (κ1) is 25.5. The topological polar surface area (TPSA) is 109 Å². The van der Waals surface area contributed by atoms with E-state index in [-0.39, 0.29) is 23.2 Å². The molecule has 2 heterocycles. The van der Waals surface area contributed by atoms with Gasteiger partial charge in [0.05, 0.1) is 22.5 Å². The maximum atomic E-state index is 12.4. The lowest BCUT2D eigenvalue weighted by molar-refractivity contribution is -0.115.